The number of carbonyl (C=O) groups is 2. The van der Waals surface area contributed by atoms with Crippen LogP contribution in [0.1, 0.15) is 28.4 Å². The summed E-state index contributed by atoms with van der Waals surface area (Å²) >= 11 is 0. The zero-order chi connectivity index (χ0) is 24.6. The maximum absolute atomic E-state index is 13.1. The minimum absolute atomic E-state index is 0.0686. The van der Waals surface area contributed by atoms with Crippen molar-refractivity contribution in [1.29, 1.82) is 0 Å². The first-order chi connectivity index (χ1) is 17.0. The van der Waals surface area contributed by atoms with Gasteiger partial charge in [-0.1, -0.05) is 66.7 Å². The molecule has 4 rings (SSSR count). The summed E-state index contributed by atoms with van der Waals surface area (Å²) in [5.41, 5.74) is 5.33. The molecule has 0 unspecified atom stereocenters. The molecule has 0 saturated heterocycles. The molecule has 0 radical (unpaired) electrons. The smallest absolute Gasteiger partial charge is 0.287 e. The lowest BCUT2D eigenvalue weighted by molar-refractivity contribution is -0.117. The second kappa shape index (κ2) is 10.9. The number of benzene rings is 4. The van der Waals surface area contributed by atoms with Crippen LogP contribution in [-0.2, 0) is 4.79 Å². The van der Waals surface area contributed by atoms with Gasteiger partial charge in [0.1, 0.15) is 11.4 Å². The number of nitrogens with zero attached hydrogens (tertiary/aromatic N) is 1. The molecule has 0 spiro atoms. The van der Waals surface area contributed by atoms with E-state index in [4.69, 9.17) is 4.74 Å². The van der Waals surface area contributed by atoms with Crippen LogP contribution in [0.15, 0.2) is 108 Å². The molecule has 0 aliphatic carbocycles. The van der Waals surface area contributed by atoms with E-state index in [1.807, 2.05) is 55.5 Å². The summed E-state index contributed by atoms with van der Waals surface area (Å²) in [7, 11) is 1.58. The number of hydrogen-bond donors (Lipinski definition) is 2. The van der Waals surface area contributed by atoms with E-state index in [2.05, 4.69) is 15.8 Å². The van der Waals surface area contributed by atoms with Crippen molar-refractivity contribution in [1.82, 2.24) is 10.7 Å². The highest BCUT2D eigenvalue weighted by Crippen LogP contribution is 2.17. The van der Waals surface area contributed by atoms with E-state index in [0.29, 0.717) is 17.0 Å². The molecule has 6 nitrogen and oxygen atoms in total. The van der Waals surface area contributed by atoms with Gasteiger partial charge in [0, 0.05) is 5.56 Å². The van der Waals surface area contributed by atoms with Gasteiger partial charge in [0.15, 0.2) is 0 Å². The molecule has 4 aromatic rings. The lowest BCUT2D eigenvalue weighted by Crippen LogP contribution is -2.33. The van der Waals surface area contributed by atoms with Crippen molar-refractivity contribution in [3.63, 3.8) is 0 Å². The Hall–Kier alpha value is -4.71. The van der Waals surface area contributed by atoms with Crippen LogP contribution < -0.4 is 15.5 Å². The number of amides is 2. The van der Waals surface area contributed by atoms with Crippen LogP contribution in [0.4, 0.5) is 0 Å². The van der Waals surface area contributed by atoms with E-state index >= 15 is 0 Å². The fourth-order valence-corrected chi connectivity index (χ4v) is 3.48. The quantitative estimate of drug-likeness (QED) is 0.226. The number of carbonyl (C=O) groups excluding carboxylic acids is 2. The van der Waals surface area contributed by atoms with Crippen molar-refractivity contribution in [2.24, 2.45) is 5.10 Å². The van der Waals surface area contributed by atoms with Gasteiger partial charge >= 0.3 is 0 Å². The van der Waals surface area contributed by atoms with E-state index < -0.39 is 11.8 Å². The Bertz CT molecular complexity index is 1410. The molecule has 35 heavy (non-hydrogen) atoms. The zero-order valence-electron chi connectivity index (χ0n) is 19.5. The number of rotatable bonds is 7. The molecule has 0 atom stereocenters. The lowest BCUT2D eigenvalue weighted by Gasteiger charge is -2.10. The Morgan fingerprint density at radius 3 is 2.20 bits per heavy atom. The Morgan fingerprint density at radius 2 is 1.49 bits per heavy atom. The summed E-state index contributed by atoms with van der Waals surface area (Å²) in [5.74, 6) is -0.238. The summed E-state index contributed by atoms with van der Waals surface area (Å²) in [6.45, 7) is 1.82. The third kappa shape index (κ3) is 6.00. The highest BCUT2D eigenvalue weighted by molar-refractivity contribution is 6.06. The molecule has 0 aromatic heterocycles. The van der Waals surface area contributed by atoms with Crippen molar-refractivity contribution in [2.45, 2.75) is 6.92 Å². The molecule has 6 heteroatoms. The van der Waals surface area contributed by atoms with Gasteiger partial charge in [-0.15, -0.1) is 0 Å². The molecule has 2 amide bonds. The van der Waals surface area contributed by atoms with Crippen LogP contribution in [0, 0.1) is 0 Å². The Labute approximate surface area is 203 Å². The van der Waals surface area contributed by atoms with Crippen LogP contribution in [0.3, 0.4) is 0 Å². The molecule has 0 saturated carbocycles. The van der Waals surface area contributed by atoms with Gasteiger partial charge < -0.3 is 10.1 Å². The van der Waals surface area contributed by atoms with E-state index in [1.54, 1.807) is 61.7 Å². The largest absolute Gasteiger partial charge is 0.497 e. The van der Waals surface area contributed by atoms with Gasteiger partial charge in [0.25, 0.3) is 11.8 Å². The summed E-state index contributed by atoms with van der Waals surface area (Å²) in [5, 5.41) is 9.19. The fourth-order valence-electron chi connectivity index (χ4n) is 3.48. The number of fused-ring (bicyclic) bond motifs is 1. The minimum atomic E-state index is -0.537. The van der Waals surface area contributed by atoms with Crippen molar-refractivity contribution >= 4 is 34.4 Å². The molecular formula is C29H25N3O3. The Kier molecular flexibility index (Phi) is 7.33. The van der Waals surface area contributed by atoms with Gasteiger partial charge in [-0.2, -0.15) is 5.10 Å². The Morgan fingerprint density at radius 1 is 0.800 bits per heavy atom. The van der Waals surface area contributed by atoms with Crippen LogP contribution in [-0.4, -0.2) is 24.6 Å². The molecule has 0 heterocycles. The van der Waals surface area contributed by atoms with Crippen LogP contribution >= 0.6 is 0 Å². The predicted molar refractivity (Wildman–Crippen MR) is 139 cm³/mol. The first-order valence-electron chi connectivity index (χ1n) is 11.1. The van der Waals surface area contributed by atoms with Crippen molar-refractivity contribution in [2.75, 3.05) is 7.11 Å². The normalized spacial score (nSPS) is 11.7. The highest BCUT2D eigenvalue weighted by atomic mass is 16.5. The van der Waals surface area contributed by atoms with Gasteiger partial charge in [-0.3, -0.25) is 9.59 Å². The van der Waals surface area contributed by atoms with Crippen molar-refractivity contribution in [3.8, 4) is 5.75 Å². The SMILES string of the molecule is COc1ccc(/C=C(\NC(=O)c2ccccc2)C(=O)N/N=C(/C)c2ccc3ccccc3c2)cc1. The Balaban J connectivity index is 1.57. The lowest BCUT2D eigenvalue weighted by atomic mass is 10.0. The third-order valence-electron chi connectivity index (χ3n) is 5.45. The molecule has 4 aromatic carbocycles. The number of methoxy groups -OCH3 is 1. The van der Waals surface area contributed by atoms with E-state index in [0.717, 1.165) is 21.9 Å². The summed E-state index contributed by atoms with van der Waals surface area (Å²) in [6, 6.07) is 29.9. The van der Waals surface area contributed by atoms with Crippen molar-refractivity contribution < 1.29 is 14.3 Å². The average Bonchev–Trinajstić information content (AvgIpc) is 2.91. The number of hydrogen-bond acceptors (Lipinski definition) is 4. The molecule has 2 N–H and O–H groups in total. The van der Waals surface area contributed by atoms with E-state index in [-0.39, 0.29) is 5.70 Å². The van der Waals surface area contributed by atoms with Crippen LogP contribution in [0.25, 0.3) is 16.8 Å². The van der Waals surface area contributed by atoms with E-state index in [9.17, 15) is 9.59 Å². The topological polar surface area (TPSA) is 79.8 Å². The molecule has 174 valence electrons. The maximum atomic E-state index is 13.1. The van der Waals surface area contributed by atoms with Crippen LogP contribution in [0.2, 0.25) is 0 Å². The molecule has 0 aliphatic heterocycles. The highest BCUT2D eigenvalue weighted by Gasteiger charge is 2.15. The van der Waals surface area contributed by atoms with Crippen molar-refractivity contribution in [3.05, 3.63) is 119 Å². The van der Waals surface area contributed by atoms with Gasteiger partial charge in [-0.05, 0) is 65.2 Å². The van der Waals surface area contributed by atoms with Gasteiger partial charge in [0.05, 0.1) is 12.8 Å². The average molecular weight is 464 g/mol. The summed E-state index contributed by atoms with van der Waals surface area (Å²) in [4.78, 5) is 25.8. The molecule has 0 aliphatic rings. The minimum Gasteiger partial charge on any atom is -0.497 e. The zero-order valence-corrected chi connectivity index (χ0v) is 19.5. The standard InChI is InChI=1S/C29H25N3O3/c1-20(24-15-14-22-8-6-7-11-25(22)19-24)31-32-29(34)27(18-21-12-16-26(35-2)17-13-21)30-28(33)23-9-4-3-5-10-23/h3-19H,1-2H3,(H,30,33)(H,32,34)/b27-18-,31-20-. The van der Waals surface area contributed by atoms with E-state index in [1.165, 1.54) is 0 Å². The second-order valence-corrected chi connectivity index (χ2v) is 7.85. The summed E-state index contributed by atoms with van der Waals surface area (Å²) in [6.07, 6.45) is 1.59. The number of nitrogens with one attached hydrogen (secondary N) is 2. The molecule has 0 bridgehead atoms. The first kappa shape index (κ1) is 23.4. The van der Waals surface area contributed by atoms with Crippen LogP contribution in [0.5, 0.6) is 5.75 Å². The third-order valence-corrected chi connectivity index (χ3v) is 5.45. The summed E-state index contributed by atoms with van der Waals surface area (Å²) < 4.78 is 5.19. The number of ether oxygens (including phenoxy) is 1. The molecular weight excluding hydrogens is 438 g/mol. The number of hydrazone groups is 1. The molecule has 0 fully saturated rings. The van der Waals surface area contributed by atoms with Gasteiger partial charge in [-0.25, -0.2) is 5.43 Å². The fraction of sp³-hybridized carbons (Fsp3) is 0.0690. The maximum Gasteiger partial charge on any atom is 0.287 e. The first-order valence-corrected chi connectivity index (χ1v) is 11.1. The predicted octanol–water partition coefficient (Wildman–Crippen LogP) is 5.16. The monoisotopic (exact) mass is 463 g/mol. The second-order valence-electron chi connectivity index (χ2n) is 7.85. The van der Waals surface area contributed by atoms with Gasteiger partial charge in [0.2, 0.25) is 0 Å².